The number of anilines is 1. The lowest BCUT2D eigenvalue weighted by Gasteiger charge is -2.21. The van der Waals surface area contributed by atoms with Gasteiger partial charge in [-0.1, -0.05) is 19.1 Å². The van der Waals surface area contributed by atoms with Gasteiger partial charge in [-0.2, -0.15) is 0 Å². The van der Waals surface area contributed by atoms with Crippen LogP contribution >= 0.6 is 0 Å². The Morgan fingerprint density at radius 3 is 2.81 bits per heavy atom. The molecule has 1 aliphatic carbocycles. The van der Waals surface area contributed by atoms with Crippen molar-refractivity contribution in [3.8, 4) is 0 Å². The molecule has 1 aromatic carbocycles. The van der Waals surface area contributed by atoms with Crippen LogP contribution in [-0.2, 0) is 16.0 Å². The standard InChI is InChI=1S/C28H36FN5O3/c1-16-6-9-37-10-7-19(16)11-18-5-8-32-25(12-18)22(15-30)28(36)33-24-13-20(4-3-17(24)2)26(31)34-27(35)21-14-23(21)29/h3-5,8,12-13,15-16,19,21,23,27,35H,6-7,9-11,14,30H2,1-2H3,(H2,31,34)(H,33,36)/b22-15+/t16?,19?,21-,23-,27?/m0/s1. The molecule has 37 heavy (non-hydrogen) atoms. The number of benzene rings is 1. The molecule has 0 radical (unpaired) electrons. The van der Waals surface area contributed by atoms with Gasteiger partial charge in [0, 0.05) is 42.8 Å². The Morgan fingerprint density at radius 2 is 2.08 bits per heavy atom. The lowest BCUT2D eigenvalue weighted by Crippen LogP contribution is -2.21. The van der Waals surface area contributed by atoms with Crippen LogP contribution in [-0.4, -0.2) is 47.4 Å². The predicted molar refractivity (Wildman–Crippen MR) is 142 cm³/mol. The van der Waals surface area contributed by atoms with E-state index in [1.807, 2.05) is 19.1 Å². The van der Waals surface area contributed by atoms with E-state index in [9.17, 15) is 14.3 Å². The first-order valence-corrected chi connectivity index (χ1v) is 12.8. The van der Waals surface area contributed by atoms with Crippen molar-refractivity contribution in [2.75, 3.05) is 18.5 Å². The van der Waals surface area contributed by atoms with E-state index in [0.717, 1.165) is 43.6 Å². The highest BCUT2D eigenvalue weighted by molar-refractivity contribution is 6.25. The summed E-state index contributed by atoms with van der Waals surface area (Å²) in [5.74, 6) is 0.218. The van der Waals surface area contributed by atoms with E-state index in [4.69, 9.17) is 16.2 Å². The molecule has 1 saturated heterocycles. The van der Waals surface area contributed by atoms with Gasteiger partial charge in [-0.05, 0) is 73.8 Å². The molecule has 2 aromatic rings. The summed E-state index contributed by atoms with van der Waals surface area (Å²) in [4.78, 5) is 21.7. The minimum atomic E-state index is -1.19. The van der Waals surface area contributed by atoms with Crippen LogP contribution in [0.25, 0.3) is 5.57 Å². The Labute approximate surface area is 217 Å². The van der Waals surface area contributed by atoms with Gasteiger partial charge in [-0.15, -0.1) is 0 Å². The molecule has 6 N–H and O–H groups in total. The van der Waals surface area contributed by atoms with Crippen molar-refractivity contribution in [3.63, 3.8) is 0 Å². The molecule has 0 spiro atoms. The maximum atomic E-state index is 13.2. The Hall–Kier alpha value is -3.30. The summed E-state index contributed by atoms with van der Waals surface area (Å²) in [6, 6.07) is 9.09. The highest BCUT2D eigenvalue weighted by atomic mass is 19.1. The molecule has 2 aliphatic rings. The number of alkyl halides is 1. The number of hydrogen-bond donors (Lipinski definition) is 4. The van der Waals surface area contributed by atoms with Crippen LogP contribution in [0, 0.1) is 24.7 Å². The number of aliphatic imine (C=N–C) groups is 1. The monoisotopic (exact) mass is 509 g/mol. The van der Waals surface area contributed by atoms with Crippen LogP contribution in [0.1, 0.15) is 48.6 Å². The fraction of sp³-hybridized carbons (Fsp3) is 0.464. The van der Waals surface area contributed by atoms with Gasteiger partial charge in [0.15, 0.2) is 6.23 Å². The highest BCUT2D eigenvalue weighted by Gasteiger charge is 2.43. The third-order valence-corrected chi connectivity index (χ3v) is 7.36. The minimum absolute atomic E-state index is 0.0733. The van der Waals surface area contributed by atoms with E-state index in [1.54, 1.807) is 24.4 Å². The second-order valence-corrected chi connectivity index (χ2v) is 10.1. The van der Waals surface area contributed by atoms with E-state index < -0.39 is 24.2 Å². The van der Waals surface area contributed by atoms with Gasteiger partial charge in [0.2, 0.25) is 0 Å². The fourth-order valence-electron chi connectivity index (χ4n) is 4.67. The van der Waals surface area contributed by atoms with Gasteiger partial charge >= 0.3 is 0 Å². The van der Waals surface area contributed by atoms with Crippen molar-refractivity contribution in [2.24, 2.45) is 34.2 Å². The Bertz CT molecular complexity index is 1180. The van der Waals surface area contributed by atoms with Crippen LogP contribution in [0.4, 0.5) is 10.1 Å². The van der Waals surface area contributed by atoms with Crippen molar-refractivity contribution in [1.82, 2.24) is 4.98 Å². The zero-order chi connectivity index (χ0) is 26.5. The number of nitrogens with zero attached hydrogens (tertiary/aromatic N) is 2. The minimum Gasteiger partial charge on any atom is -0.404 e. The number of ether oxygens (including phenoxy) is 1. The smallest absolute Gasteiger partial charge is 0.259 e. The number of rotatable bonds is 8. The number of amidine groups is 1. The molecule has 1 saturated carbocycles. The van der Waals surface area contributed by atoms with Gasteiger partial charge in [0.05, 0.1) is 11.3 Å². The molecule has 4 rings (SSSR count). The number of hydrogen-bond acceptors (Lipinski definition) is 6. The van der Waals surface area contributed by atoms with Crippen molar-refractivity contribution < 1.29 is 19.0 Å². The quantitative estimate of drug-likeness (QED) is 0.245. The fourth-order valence-corrected chi connectivity index (χ4v) is 4.67. The van der Waals surface area contributed by atoms with E-state index in [1.165, 1.54) is 6.20 Å². The van der Waals surface area contributed by atoms with E-state index in [2.05, 4.69) is 22.2 Å². The maximum Gasteiger partial charge on any atom is 0.259 e. The number of aryl methyl sites for hydroxylation is 1. The summed E-state index contributed by atoms with van der Waals surface area (Å²) in [6.07, 6.45) is 3.95. The van der Waals surface area contributed by atoms with Crippen LogP contribution in [0.15, 0.2) is 47.7 Å². The largest absolute Gasteiger partial charge is 0.404 e. The molecular formula is C28H36FN5O3. The second kappa shape index (κ2) is 11.8. The van der Waals surface area contributed by atoms with E-state index in [-0.39, 0.29) is 17.8 Å². The molecule has 5 atom stereocenters. The number of nitrogens with two attached hydrogens (primary N) is 2. The summed E-state index contributed by atoms with van der Waals surface area (Å²) in [5.41, 5.74) is 15.6. The summed E-state index contributed by atoms with van der Waals surface area (Å²) in [5, 5.41) is 12.9. The Morgan fingerprint density at radius 1 is 1.32 bits per heavy atom. The molecule has 1 amide bonds. The first kappa shape index (κ1) is 26.8. The normalized spacial score (nSPS) is 25.3. The molecule has 1 aliphatic heterocycles. The number of aliphatic hydroxyl groups excluding tert-OH is 1. The van der Waals surface area contributed by atoms with Crippen molar-refractivity contribution in [3.05, 3.63) is 65.1 Å². The number of halogens is 1. The lowest BCUT2D eigenvalue weighted by molar-refractivity contribution is -0.111. The third-order valence-electron chi connectivity index (χ3n) is 7.36. The molecule has 3 unspecified atom stereocenters. The van der Waals surface area contributed by atoms with Crippen LogP contribution in [0.3, 0.4) is 0 Å². The number of amides is 1. The lowest BCUT2D eigenvalue weighted by atomic mass is 9.84. The molecular weight excluding hydrogens is 473 g/mol. The number of nitrogens with one attached hydrogen (secondary N) is 1. The summed E-state index contributed by atoms with van der Waals surface area (Å²) >= 11 is 0. The molecule has 2 fully saturated rings. The van der Waals surface area contributed by atoms with Gasteiger partial charge in [0.25, 0.3) is 5.91 Å². The summed E-state index contributed by atoms with van der Waals surface area (Å²) in [6.45, 7) is 5.68. The first-order valence-electron chi connectivity index (χ1n) is 12.8. The maximum absolute atomic E-state index is 13.2. The van der Waals surface area contributed by atoms with Crippen molar-refractivity contribution in [2.45, 2.75) is 51.9 Å². The van der Waals surface area contributed by atoms with Crippen LogP contribution in [0.5, 0.6) is 0 Å². The van der Waals surface area contributed by atoms with Gasteiger partial charge in [-0.25, -0.2) is 9.38 Å². The van der Waals surface area contributed by atoms with Gasteiger partial charge in [-0.3, -0.25) is 9.78 Å². The summed E-state index contributed by atoms with van der Waals surface area (Å²) < 4.78 is 18.9. The number of pyridine rings is 1. The topological polar surface area (TPSA) is 136 Å². The number of aromatic nitrogens is 1. The molecule has 8 nitrogen and oxygen atoms in total. The number of carbonyl (C=O) groups is 1. The summed E-state index contributed by atoms with van der Waals surface area (Å²) in [7, 11) is 0. The zero-order valence-corrected chi connectivity index (χ0v) is 21.4. The third kappa shape index (κ3) is 6.72. The van der Waals surface area contributed by atoms with Gasteiger partial charge in [0.1, 0.15) is 12.0 Å². The van der Waals surface area contributed by atoms with Gasteiger partial charge < -0.3 is 26.6 Å². The van der Waals surface area contributed by atoms with E-state index >= 15 is 0 Å². The molecule has 2 heterocycles. The second-order valence-electron chi connectivity index (χ2n) is 10.1. The molecule has 198 valence electrons. The Balaban J connectivity index is 1.48. The molecule has 1 aromatic heterocycles. The number of aliphatic hydroxyl groups is 1. The van der Waals surface area contributed by atoms with Crippen molar-refractivity contribution in [1.29, 1.82) is 0 Å². The zero-order valence-electron chi connectivity index (χ0n) is 21.4. The Kier molecular flexibility index (Phi) is 8.56. The molecule has 0 bridgehead atoms. The molecule has 9 heteroatoms. The van der Waals surface area contributed by atoms with Crippen LogP contribution in [0.2, 0.25) is 0 Å². The highest BCUT2D eigenvalue weighted by Crippen LogP contribution is 2.37. The van der Waals surface area contributed by atoms with Crippen molar-refractivity contribution >= 4 is 23.0 Å². The SMILES string of the molecule is Cc1ccc(/C(N)=N/C(O)[C@H]2C[C@@H]2F)cc1NC(=O)/C(=C/N)c1cc(CC2CCOCCC2C)ccn1. The first-order chi connectivity index (χ1) is 17.8. The average Bonchev–Trinajstić information content (AvgIpc) is 3.64. The number of carbonyl (C=O) groups excluding carboxylic acids is 1. The average molecular weight is 510 g/mol. The van der Waals surface area contributed by atoms with Crippen LogP contribution < -0.4 is 16.8 Å². The predicted octanol–water partition coefficient (Wildman–Crippen LogP) is 3.32. The van der Waals surface area contributed by atoms with E-state index in [0.29, 0.717) is 28.8 Å².